The third-order valence-electron chi connectivity index (χ3n) is 2.85. The first kappa shape index (κ1) is 11.9. The Balaban J connectivity index is 1.76. The second-order valence-electron chi connectivity index (χ2n) is 3.90. The number of hydrogen-bond donors (Lipinski definition) is 3. The van der Waals surface area contributed by atoms with Crippen molar-refractivity contribution in [3.05, 3.63) is 35.4 Å². The summed E-state index contributed by atoms with van der Waals surface area (Å²) in [5, 5.41) is 12.1. The molecule has 0 fully saturated rings. The van der Waals surface area contributed by atoms with Crippen molar-refractivity contribution in [1.29, 1.82) is 0 Å². The van der Waals surface area contributed by atoms with Gasteiger partial charge in [-0.25, -0.2) is 0 Å². The van der Waals surface area contributed by atoms with Crippen molar-refractivity contribution >= 4 is 11.9 Å². The molecule has 1 aliphatic rings. The van der Waals surface area contributed by atoms with Gasteiger partial charge in [-0.15, -0.1) is 0 Å². The van der Waals surface area contributed by atoms with Crippen LogP contribution in [0.1, 0.15) is 23.6 Å². The Hall–Kier alpha value is -0.550. The second kappa shape index (κ2) is 6.25. The Morgan fingerprint density at radius 2 is 2.25 bits per heavy atom. The third kappa shape index (κ3) is 2.98. The average Bonchev–Trinajstić information content (AvgIpc) is 2.73. The number of benzene rings is 1. The molecule has 3 nitrogen and oxygen atoms in total. The van der Waals surface area contributed by atoms with E-state index >= 15 is 0 Å². The molecule has 1 atom stereocenters. The Morgan fingerprint density at radius 3 is 3.12 bits per heavy atom. The normalized spacial score (nSPS) is 18.7. The van der Waals surface area contributed by atoms with Crippen molar-refractivity contribution in [3.63, 3.8) is 0 Å². The fraction of sp³-hybridized carbons (Fsp3) is 0.500. The predicted octanol–water partition coefficient (Wildman–Crippen LogP) is 1.45. The molecule has 16 heavy (non-hydrogen) atoms. The number of aliphatic hydroxyl groups excluding tert-OH is 1. The minimum Gasteiger partial charge on any atom is -0.395 e. The number of nitrogens with one attached hydrogen (secondary N) is 2. The van der Waals surface area contributed by atoms with Crippen LogP contribution in [-0.2, 0) is 6.42 Å². The second-order valence-corrected chi connectivity index (χ2v) is 4.77. The fourth-order valence-electron chi connectivity index (χ4n) is 2.08. The number of fused-ring (bicyclic) bond motifs is 1. The molecule has 2 rings (SSSR count). The Bertz CT molecular complexity index is 333. The van der Waals surface area contributed by atoms with E-state index in [1.807, 2.05) is 0 Å². The van der Waals surface area contributed by atoms with Crippen molar-refractivity contribution in [2.24, 2.45) is 0 Å². The highest BCUT2D eigenvalue weighted by Gasteiger charge is 2.20. The van der Waals surface area contributed by atoms with Gasteiger partial charge in [0.25, 0.3) is 0 Å². The SMILES string of the molecule is OCCNSCNC1CCc2ccccc21. The number of hydrogen-bond acceptors (Lipinski definition) is 4. The maximum atomic E-state index is 8.61. The lowest BCUT2D eigenvalue weighted by Gasteiger charge is -2.13. The summed E-state index contributed by atoms with van der Waals surface area (Å²) in [5.41, 5.74) is 2.93. The highest BCUT2D eigenvalue weighted by Crippen LogP contribution is 2.30. The molecule has 0 heterocycles. The molecule has 0 bridgehead atoms. The molecule has 0 aromatic heterocycles. The van der Waals surface area contributed by atoms with Crippen LogP contribution < -0.4 is 10.0 Å². The van der Waals surface area contributed by atoms with Crippen molar-refractivity contribution in [1.82, 2.24) is 10.0 Å². The van der Waals surface area contributed by atoms with E-state index < -0.39 is 0 Å². The van der Waals surface area contributed by atoms with Gasteiger partial charge in [0.05, 0.1) is 12.5 Å². The fourth-order valence-corrected chi connectivity index (χ4v) is 2.70. The average molecular weight is 238 g/mol. The molecule has 1 unspecified atom stereocenters. The van der Waals surface area contributed by atoms with Gasteiger partial charge >= 0.3 is 0 Å². The predicted molar refractivity (Wildman–Crippen MR) is 68.2 cm³/mol. The summed E-state index contributed by atoms with van der Waals surface area (Å²) in [6.45, 7) is 0.840. The summed E-state index contributed by atoms with van der Waals surface area (Å²) in [7, 11) is 0. The maximum absolute atomic E-state index is 8.61. The van der Waals surface area contributed by atoms with Crippen LogP contribution in [0.25, 0.3) is 0 Å². The zero-order valence-corrected chi connectivity index (χ0v) is 10.1. The molecule has 0 aliphatic heterocycles. The lowest BCUT2D eigenvalue weighted by atomic mass is 10.1. The van der Waals surface area contributed by atoms with Gasteiger partial charge in [0.15, 0.2) is 0 Å². The molecule has 1 aromatic rings. The lowest BCUT2D eigenvalue weighted by Crippen LogP contribution is -2.22. The van der Waals surface area contributed by atoms with E-state index in [4.69, 9.17) is 5.11 Å². The maximum Gasteiger partial charge on any atom is 0.0570 e. The smallest absolute Gasteiger partial charge is 0.0570 e. The van der Waals surface area contributed by atoms with E-state index in [0.29, 0.717) is 12.6 Å². The molecule has 0 saturated carbocycles. The molecule has 3 N–H and O–H groups in total. The van der Waals surface area contributed by atoms with E-state index in [2.05, 4.69) is 34.3 Å². The van der Waals surface area contributed by atoms with Gasteiger partial charge in [-0.2, -0.15) is 0 Å². The number of aliphatic hydroxyl groups is 1. The van der Waals surface area contributed by atoms with E-state index in [1.165, 1.54) is 24.0 Å². The molecule has 88 valence electrons. The van der Waals surface area contributed by atoms with Crippen LogP contribution in [-0.4, -0.2) is 24.1 Å². The summed E-state index contributed by atoms with van der Waals surface area (Å²) in [6.07, 6.45) is 2.38. The van der Waals surface area contributed by atoms with E-state index in [0.717, 1.165) is 5.88 Å². The Kier molecular flexibility index (Phi) is 4.66. The minimum absolute atomic E-state index is 0.194. The van der Waals surface area contributed by atoms with Crippen molar-refractivity contribution in [2.45, 2.75) is 18.9 Å². The highest BCUT2D eigenvalue weighted by atomic mass is 32.2. The molecular formula is C12H18N2OS. The summed E-state index contributed by atoms with van der Waals surface area (Å²) in [5.74, 6) is 0.874. The summed E-state index contributed by atoms with van der Waals surface area (Å²) >= 11 is 1.62. The largest absolute Gasteiger partial charge is 0.395 e. The Labute approximate surface area is 101 Å². The van der Waals surface area contributed by atoms with Gasteiger partial charge in [-0.3, -0.25) is 10.0 Å². The van der Waals surface area contributed by atoms with E-state index in [-0.39, 0.29) is 6.61 Å². The molecule has 0 amide bonds. The van der Waals surface area contributed by atoms with Gasteiger partial charge in [-0.05, 0) is 24.0 Å². The van der Waals surface area contributed by atoms with Gasteiger partial charge in [0.2, 0.25) is 0 Å². The zero-order valence-electron chi connectivity index (χ0n) is 9.28. The van der Waals surface area contributed by atoms with Crippen LogP contribution in [0.2, 0.25) is 0 Å². The topological polar surface area (TPSA) is 44.3 Å². The van der Waals surface area contributed by atoms with E-state index in [9.17, 15) is 0 Å². The third-order valence-corrected chi connectivity index (χ3v) is 3.57. The minimum atomic E-state index is 0.194. The van der Waals surface area contributed by atoms with E-state index in [1.54, 1.807) is 11.9 Å². The van der Waals surface area contributed by atoms with Crippen LogP contribution >= 0.6 is 11.9 Å². The summed E-state index contributed by atoms with van der Waals surface area (Å²) in [6, 6.07) is 9.15. The van der Waals surface area contributed by atoms with Gasteiger partial charge in [0.1, 0.15) is 0 Å². The van der Waals surface area contributed by atoms with Crippen molar-refractivity contribution in [2.75, 3.05) is 19.0 Å². The van der Waals surface area contributed by atoms with Crippen LogP contribution in [0.4, 0.5) is 0 Å². The van der Waals surface area contributed by atoms with Crippen LogP contribution in [0.15, 0.2) is 24.3 Å². The molecule has 4 heteroatoms. The molecule has 0 saturated heterocycles. The quantitative estimate of drug-likeness (QED) is 0.399. The first-order valence-corrected chi connectivity index (χ1v) is 6.67. The van der Waals surface area contributed by atoms with Gasteiger partial charge in [-0.1, -0.05) is 36.2 Å². The number of aryl methyl sites for hydroxylation is 1. The molecule has 1 aliphatic carbocycles. The number of rotatable bonds is 6. The highest BCUT2D eigenvalue weighted by molar-refractivity contribution is 7.97. The van der Waals surface area contributed by atoms with Crippen LogP contribution in [0.3, 0.4) is 0 Å². The monoisotopic (exact) mass is 238 g/mol. The van der Waals surface area contributed by atoms with Gasteiger partial charge in [0, 0.05) is 12.6 Å². The first-order chi connectivity index (χ1) is 7.92. The van der Waals surface area contributed by atoms with Crippen LogP contribution in [0, 0.1) is 0 Å². The molecule has 0 spiro atoms. The standard InChI is InChI=1S/C12H18N2OS/c15-8-7-14-16-9-13-12-6-5-10-3-1-2-4-11(10)12/h1-4,12-15H,5-9H2. The summed E-state index contributed by atoms with van der Waals surface area (Å²) < 4.78 is 3.09. The van der Waals surface area contributed by atoms with Gasteiger partial charge < -0.3 is 5.11 Å². The summed E-state index contributed by atoms with van der Waals surface area (Å²) in [4.78, 5) is 0. The lowest BCUT2D eigenvalue weighted by molar-refractivity contribution is 0.302. The van der Waals surface area contributed by atoms with Crippen molar-refractivity contribution < 1.29 is 5.11 Å². The molecular weight excluding hydrogens is 220 g/mol. The molecule has 1 aromatic carbocycles. The molecule has 0 radical (unpaired) electrons. The zero-order chi connectivity index (χ0) is 11.2. The Morgan fingerprint density at radius 1 is 1.38 bits per heavy atom. The first-order valence-electron chi connectivity index (χ1n) is 5.68. The van der Waals surface area contributed by atoms with Crippen molar-refractivity contribution in [3.8, 4) is 0 Å². The van der Waals surface area contributed by atoms with Crippen LogP contribution in [0.5, 0.6) is 0 Å².